The van der Waals surface area contributed by atoms with Gasteiger partial charge in [0.25, 0.3) is 11.8 Å². The highest BCUT2D eigenvalue weighted by atomic mass is 35.5. The van der Waals surface area contributed by atoms with Gasteiger partial charge in [-0.1, -0.05) is 17.7 Å². The zero-order valence-corrected chi connectivity index (χ0v) is 16.7. The van der Waals surface area contributed by atoms with E-state index < -0.39 is 23.6 Å². The second-order valence-electron chi connectivity index (χ2n) is 7.54. The molecule has 1 fully saturated rings. The van der Waals surface area contributed by atoms with Gasteiger partial charge in [-0.25, -0.2) is 4.39 Å². The molecule has 7 nitrogen and oxygen atoms in total. The van der Waals surface area contributed by atoms with Crippen molar-refractivity contribution in [3.8, 4) is 0 Å². The van der Waals surface area contributed by atoms with Crippen molar-refractivity contribution < 1.29 is 24.2 Å². The summed E-state index contributed by atoms with van der Waals surface area (Å²) < 4.78 is 13.5. The Morgan fingerprint density at radius 3 is 2.83 bits per heavy atom. The van der Waals surface area contributed by atoms with Crippen molar-refractivity contribution in [2.24, 2.45) is 0 Å². The van der Waals surface area contributed by atoms with Crippen molar-refractivity contribution in [3.05, 3.63) is 63.9 Å². The number of hydrogen-bond donors (Lipinski definition) is 4. The molecule has 2 heterocycles. The smallest absolute Gasteiger partial charge is 0.263 e. The minimum Gasteiger partial charge on any atom is -0.376 e. The Bertz CT molecular complexity index is 997. The number of rotatable bonds is 5. The topological polar surface area (TPSA) is 102 Å². The molecule has 0 saturated carbocycles. The van der Waals surface area contributed by atoms with E-state index in [-0.39, 0.29) is 30.4 Å². The van der Waals surface area contributed by atoms with Crippen LogP contribution in [0.2, 0.25) is 5.02 Å². The lowest BCUT2D eigenvalue weighted by atomic mass is 9.99. The number of anilines is 1. The Morgan fingerprint density at radius 1 is 1.27 bits per heavy atom. The van der Waals surface area contributed by atoms with Gasteiger partial charge in [-0.05, 0) is 47.9 Å². The molecule has 0 spiro atoms. The van der Waals surface area contributed by atoms with Gasteiger partial charge in [-0.3, -0.25) is 14.9 Å². The first-order valence-corrected chi connectivity index (χ1v) is 9.97. The van der Waals surface area contributed by atoms with E-state index in [1.54, 1.807) is 18.2 Å². The molecule has 158 valence electrons. The number of nitrogens with zero attached hydrogens (tertiary/aromatic N) is 1. The summed E-state index contributed by atoms with van der Waals surface area (Å²) in [6, 6.07) is 9.09. The fourth-order valence-electron chi connectivity index (χ4n) is 3.89. The second kappa shape index (κ2) is 7.96. The number of benzene rings is 2. The van der Waals surface area contributed by atoms with Crippen LogP contribution in [0.3, 0.4) is 0 Å². The molecule has 2 atom stereocenters. The largest absolute Gasteiger partial charge is 0.376 e. The Kier molecular flexibility index (Phi) is 5.50. The van der Waals surface area contributed by atoms with Crippen LogP contribution in [-0.2, 0) is 17.8 Å². The Balaban J connectivity index is 1.48. The maximum Gasteiger partial charge on any atom is 0.263 e. The standard InChI is InChI=1S/C21H21ClFN3O4/c22-14-7-12(8-15(23)9-14)11-25-19(28)21(30)4-6-26(20(21)29)16-2-1-13-3-5-24-18(27)17(13)10-16/h1-2,7-10,19,25,28,30H,3-6,11H2,(H,24,27). The minimum atomic E-state index is -2.05. The summed E-state index contributed by atoms with van der Waals surface area (Å²) in [5, 5.41) is 27.0. The average Bonchev–Trinajstić information content (AvgIpc) is 3.01. The first-order chi connectivity index (χ1) is 14.3. The predicted octanol–water partition coefficient (Wildman–Crippen LogP) is 1.34. The number of halogens is 2. The van der Waals surface area contributed by atoms with Gasteiger partial charge in [0.2, 0.25) is 0 Å². The van der Waals surface area contributed by atoms with Crippen LogP contribution in [0.4, 0.5) is 10.1 Å². The van der Waals surface area contributed by atoms with Gasteiger partial charge in [0.1, 0.15) is 12.0 Å². The van der Waals surface area contributed by atoms with Crippen molar-refractivity contribution in [1.29, 1.82) is 0 Å². The molecule has 2 unspecified atom stereocenters. The maximum absolute atomic E-state index is 13.5. The third-order valence-corrected chi connectivity index (χ3v) is 5.75. The second-order valence-corrected chi connectivity index (χ2v) is 7.98. The van der Waals surface area contributed by atoms with Crippen LogP contribution >= 0.6 is 11.6 Å². The molecule has 1 saturated heterocycles. The molecule has 9 heteroatoms. The van der Waals surface area contributed by atoms with Crippen molar-refractivity contribution in [1.82, 2.24) is 10.6 Å². The number of hydrogen-bond acceptors (Lipinski definition) is 5. The SMILES string of the molecule is O=C1NCCc2ccc(N3CCC(O)(C(O)NCc4cc(F)cc(Cl)c4)C3=O)cc21. The summed E-state index contributed by atoms with van der Waals surface area (Å²) >= 11 is 5.82. The first kappa shape index (κ1) is 20.7. The van der Waals surface area contributed by atoms with E-state index in [9.17, 15) is 24.2 Å². The average molecular weight is 434 g/mol. The van der Waals surface area contributed by atoms with E-state index in [2.05, 4.69) is 10.6 Å². The summed E-state index contributed by atoms with van der Waals surface area (Å²) in [5.74, 6) is -1.39. The number of amides is 2. The van der Waals surface area contributed by atoms with E-state index in [0.29, 0.717) is 29.8 Å². The third kappa shape index (κ3) is 3.79. The third-order valence-electron chi connectivity index (χ3n) is 5.54. The molecular formula is C21H21ClFN3O4. The molecule has 4 N–H and O–H groups in total. The predicted molar refractivity (Wildman–Crippen MR) is 109 cm³/mol. The highest BCUT2D eigenvalue weighted by molar-refractivity contribution is 6.30. The number of aliphatic hydroxyl groups is 2. The highest BCUT2D eigenvalue weighted by Crippen LogP contribution is 2.32. The van der Waals surface area contributed by atoms with Crippen LogP contribution in [0, 0.1) is 5.82 Å². The Morgan fingerprint density at radius 2 is 2.07 bits per heavy atom. The normalized spacial score (nSPS) is 22.1. The van der Waals surface area contributed by atoms with Crippen molar-refractivity contribution in [3.63, 3.8) is 0 Å². The lowest BCUT2D eigenvalue weighted by Gasteiger charge is -2.28. The molecule has 2 aliphatic heterocycles. The summed E-state index contributed by atoms with van der Waals surface area (Å²) in [5.41, 5.74) is 0.306. The Labute approximate surface area is 177 Å². The van der Waals surface area contributed by atoms with E-state index in [4.69, 9.17) is 11.6 Å². The zero-order chi connectivity index (χ0) is 21.5. The highest BCUT2D eigenvalue weighted by Gasteiger charge is 2.51. The zero-order valence-electron chi connectivity index (χ0n) is 16.0. The molecule has 2 aromatic carbocycles. The molecule has 4 rings (SSSR count). The van der Waals surface area contributed by atoms with Gasteiger partial charge in [-0.2, -0.15) is 0 Å². The van der Waals surface area contributed by atoms with Gasteiger partial charge in [0.05, 0.1) is 0 Å². The van der Waals surface area contributed by atoms with Gasteiger partial charge in [-0.15, -0.1) is 0 Å². The lowest BCUT2D eigenvalue weighted by molar-refractivity contribution is -0.148. The molecule has 0 aliphatic carbocycles. The molecule has 0 aromatic heterocycles. The monoisotopic (exact) mass is 433 g/mol. The summed E-state index contributed by atoms with van der Waals surface area (Å²) in [6.07, 6.45) is -0.864. The fourth-order valence-corrected chi connectivity index (χ4v) is 4.13. The molecule has 0 radical (unpaired) electrons. The fraction of sp³-hybridized carbons (Fsp3) is 0.333. The van der Waals surface area contributed by atoms with Crippen molar-refractivity contribution >= 4 is 29.1 Å². The van der Waals surface area contributed by atoms with Crippen LogP contribution in [0.25, 0.3) is 0 Å². The van der Waals surface area contributed by atoms with E-state index in [1.165, 1.54) is 17.0 Å². The molecule has 30 heavy (non-hydrogen) atoms. The quantitative estimate of drug-likeness (QED) is 0.533. The molecular weight excluding hydrogens is 413 g/mol. The molecule has 2 amide bonds. The van der Waals surface area contributed by atoms with Gasteiger partial charge < -0.3 is 20.4 Å². The van der Waals surface area contributed by atoms with E-state index >= 15 is 0 Å². The number of fused-ring (bicyclic) bond motifs is 1. The van der Waals surface area contributed by atoms with Gasteiger partial charge in [0.15, 0.2) is 5.60 Å². The summed E-state index contributed by atoms with van der Waals surface area (Å²) in [6.45, 7) is 0.759. The maximum atomic E-state index is 13.5. The minimum absolute atomic E-state index is 0.00676. The molecule has 2 aliphatic rings. The number of nitrogens with one attached hydrogen (secondary N) is 2. The van der Waals surface area contributed by atoms with E-state index in [1.807, 2.05) is 0 Å². The Hall–Kier alpha value is -2.52. The summed E-state index contributed by atoms with van der Waals surface area (Å²) in [7, 11) is 0. The van der Waals surface area contributed by atoms with Crippen LogP contribution in [-0.4, -0.2) is 46.9 Å². The van der Waals surface area contributed by atoms with Crippen LogP contribution in [0.5, 0.6) is 0 Å². The van der Waals surface area contributed by atoms with Gasteiger partial charge in [0, 0.05) is 42.3 Å². The van der Waals surface area contributed by atoms with Crippen LogP contribution in [0.1, 0.15) is 27.9 Å². The van der Waals surface area contributed by atoms with Crippen LogP contribution in [0.15, 0.2) is 36.4 Å². The lowest BCUT2D eigenvalue weighted by Crippen LogP contribution is -2.55. The summed E-state index contributed by atoms with van der Waals surface area (Å²) in [4.78, 5) is 26.4. The van der Waals surface area contributed by atoms with Crippen molar-refractivity contribution in [2.75, 3.05) is 18.0 Å². The first-order valence-electron chi connectivity index (χ1n) is 9.60. The van der Waals surface area contributed by atoms with Gasteiger partial charge >= 0.3 is 0 Å². The van der Waals surface area contributed by atoms with Crippen molar-refractivity contribution in [2.45, 2.75) is 31.2 Å². The van der Waals surface area contributed by atoms with Crippen LogP contribution < -0.4 is 15.5 Å². The number of aliphatic hydroxyl groups excluding tert-OH is 1. The number of carbonyl (C=O) groups is 2. The van der Waals surface area contributed by atoms with E-state index in [0.717, 1.165) is 11.6 Å². The molecule has 0 bridgehead atoms. The molecule has 2 aromatic rings. The number of carbonyl (C=O) groups excluding carboxylic acids is 2.